The van der Waals surface area contributed by atoms with E-state index >= 15 is 0 Å². The maximum atomic E-state index is 11.3. The van der Waals surface area contributed by atoms with E-state index in [1.807, 2.05) is 31.2 Å². The molecule has 20 heavy (non-hydrogen) atoms. The van der Waals surface area contributed by atoms with E-state index in [0.717, 1.165) is 11.1 Å². The lowest BCUT2D eigenvalue weighted by molar-refractivity contribution is 0.369. The Morgan fingerprint density at radius 1 is 1.40 bits per heavy atom. The molecular formula is C14H14N2O3S. The average Bonchev–Trinajstić information content (AvgIpc) is 2.97. The molecule has 2 heterocycles. The molecule has 2 aromatic rings. The van der Waals surface area contributed by atoms with Crippen molar-refractivity contribution in [2.75, 3.05) is 5.75 Å². The van der Waals surface area contributed by atoms with Gasteiger partial charge in [-0.05, 0) is 13.0 Å². The first-order chi connectivity index (χ1) is 9.52. The van der Waals surface area contributed by atoms with Gasteiger partial charge < -0.3 is 4.52 Å². The van der Waals surface area contributed by atoms with E-state index < -0.39 is 9.84 Å². The molecule has 5 nitrogen and oxygen atoms in total. The maximum Gasteiger partial charge on any atom is 0.227 e. The van der Waals surface area contributed by atoms with Gasteiger partial charge in [0, 0.05) is 23.3 Å². The van der Waals surface area contributed by atoms with Gasteiger partial charge in [0.1, 0.15) is 0 Å². The van der Waals surface area contributed by atoms with Crippen LogP contribution in [0.4, 0.5) is 0 Å². The lowest BCUT2D eigenvalue weighted by Crippen LogP contribution is -2.08. The van der Waals surface area contributed by atoms with Crippen LogP contribution in [0.1, 0.15) is 11.5 Å². The van der Waals surface area contributed by atoms with Gasteiger partial charge in [0.05, 0.1) is 5.75 Å². The van der Waals surface area contributed by atoms with Crippen LogP contribution in [-0.2, 0) is 16.3 Å². The van der Waals surface area contributed by atoms with Crippen molar-refractivity contribution in [1.82, 2.24) is 10.1 Å². The molecule has 0 fully saturated rings. The normalized spacial score (nSPS) is 20.4. The summed E-state index contributed by atoms with van der Waals surface area (Å²) in [6.45, 7) is 2.00. The Morgan fingerprint density at radius 2 is 2.25 bits per heavy atom. The summed E-state index contributed by atoms with van der Waals surface area (Å²) < 4.78 is 27.9. The summed E-state index contributed by atoms with van der Waals surface area (Å²) in [7, 11) is -3.04. The van der Waals surface area contributed by atoms with E-state index in [2.05, 4.69) is 10.1 Å². The Hall–Kier alpha value is -1.95. The molecule has 0 radical (unpaired) electrons. The van der Waals surface area contributed by atoms with Crippen molar-refractivity contribution in [2.24, 2.45) is 5.92 Å². The van der Waals surface area contributed by atoms with Crippen molar-refractivity contribution in [1.29, 1.82) is 0 Å². The van der Waals surface area contributed by atoms with Crippen molar-refractivity contribution in [3.63, 3.8) is 0 Å². The Morgan fingerprint density at radius 3 is 2.95 bits per heavy atom. The average molecular weight is 290 g/mol. The number of rotatable bonds is 3. The van der Waals surface area contributed by atoms with Crippen molar-refractivity contribution >= 4 is 9.84 Å². The molecule has 0 N–H and O–H groups in total. The van der Waals surface area contributed by atoms with E-state index in [-0.39, 0.29) is 11.7 Å². The Labute approximate surface area is 117 Å². The summed E-state index contributed by atoms with van der Waals surface area (Å²) in [5.41, 5.74) is 2.02. The molecular weight excluding hydrogens is 276 g/mol. The van der Waals surface area contributed by atoms with Crippen LogP contribution in [0.2, 0.25) is 0 Å². The van der Waals surface area contributed by atoms with Crippen LogP contribution in [0, 0.1) is 12.8 Å². The molecule has 0 aliphatic carbocycles. The topological polar surface area (TPSA) is 73.1 Å². The van der Waals surface area contributed by atoms with Crippen molar-refractivity contribution in [3.8, 4) is 11.4 Å². The minimum Gasteiger partial charge on any atom is -0.339 e. The number of benzene rings is 1. The molecule has 1 aliphatic rings. The van der Waals surface area contributed by atoms with Crippen LogP contribution < -0.4 is 0 Å². The molecule has 1 atom stereocenters. The smallest absolute Gasteiger partial charge is 0.227 e. The molecule has 0 spiro atoms. The van der Waals surface area contributed by atoms with Crippen LogP contribution >= 0.6 is 0 Å². The zero-order chi connectivity index (χ0) is 14.2. The number of aromatic nitrogens is 2. The van der Waals surface area contributed by atoms with Gasteiger partial charge >= 0.3 is 0 Å². The Bertz CT molecular complexity index is 762. The first kappa shape index (κ1) is 13.1. The summed E-state index contributed by atoms with van der Waals surface area (Å²) >= 11 is 0. The van der Waals surface area contributed by atoms with Crippen molar-refractivity contribution in [2.45, 2.75) is 13.3 Å². The molecule has 104 valence electrons. The summed E-state index contributed by atoms with van der Waals surface area (Å²) in [4.78, 5) is 4.33. The van der Waals surface area contributed by atoms with Crippen LogP contribution in [0.15, 0.2) is 40.3 Å². The fourth-order valence-corrected chi connectivity index (χ4v) is 3.63. The monoisotopic (exact) mass is 290 g/mol. The number of sulfone groups is 1. The van der Waals surface area contributed by atoms with E-state index in [1.165, 1.54) is 5.41 Å². The Balaban J connectivity index is 1.76. The van der Waals surface area contributed by atoms with E-state index in [4.69, 9.17) is 4.52 Å². The van der Waals surface area contributed by atoms with Gasteiger partial charge in [-0.1, -0.05) is 35.0 Å². The minimum absolute atomic E-state index is 0.0780. The minimum atomic E-state index is -3.04. The predicted molar refractivity (Wildman–Crippen MR) is 74.6 cm³/mol. The lowest BCUT2D eigenvalue weighted by atomic mass is 10.1. The second-order valence-corrected chi connectivity index (χ2v) is 6.93. The van der Waals surface area contributed by atoms with Gasteiger partial charge in [0.15, 0.2) is 9.84 Å². The van der Waals surface area contributed by atoms with Crippen LogP contribution in [0.5, 0.6) is 0 Å². The van der Waals surface area contributed by atoms with Gasteiger partial charge in [-0.15, -0.1) is 0 Å². The SMILES string of the molecule is Cc1cccc(-c2noc(C[C@@H]3C=CS(=O)(=O)C3)n2)c1. The number of nitrogens with zero attached hydrogens (tertiary/aromatic N) is 2. The van der Waals surface area contributed by atoms with E-state index in [9.17, 15) is 8.42 Å². The summed E-state index contributed by atoms with van der Waals surface area (Å²) in [6, 6.07) is 7.84. The molecule has 0 amide bonds. The summed E-state index contributed by atoms with van der Waals surface area (Å²) in [6.07, 6.45) is 2.14. The zero-order valence-corrected chi connectivity index (χ0v) is 11.8. The highest BCUT2D eigenvalue weighted by molar-refractivity contribution is 7.94. The van der Waals surface area contributed by atoms with Gasteiger partial charge in [0.2, 0.25) is 11.7 Å². The van der Waals surface area contributed by atoms with Crippen LogP contribution in [0.3, 0.4) is 0 Å². The van der Waals surface area contributed by atoms with Crippen molar-refractivity contribution in [3.05, 3.63) is 47.2 Å². The zero-order valence-electron chi connectivity index (χ0n) is 11.0. The molecule has 1 aromatic carbocycles. The highest BCUT2D eigenvalue weighted by Crippen LogP contribution is 2.21. The van der Waals surface area contributed by atoms with Gasteiger partial charge in [-0.25, -0.2) is 8.42 Å². The Kier molecular flexibility index (Phi) is 3.17. The number of hydrogen-bond acceptors (Lipinski definition) is 5. The fourth-order valence-electron chi connectivity index (χ4n) is 2.23. The number of aryl methyl sites for hydroxylation is 1. The molecule has 1 aliphatic heterocycles. The van der Waals surface area contributed by atoms with Gasteiger partial charge in [-0.2, -0.15) is 4.98 Å². The van der Waals surface area contributed by atoms with E-state index in [0.29, 0.717) is 18.1 Å². The molecule has 0 bridgehead atoms. The van der Waals surface area contributed by atoms with Gasteiger partial charge in [-0.3, -0.25) is 0 Å². The van der Waals surface area contributed by atoms with Crippen LogP contribution in [-0.4, -0.2) is 24.3 Å². The predicted octanol–water partition coefficient (Wildman–Crippen LogP) is 2.15. The lowest BCUT2D eigenvalue weighted by Gasteiger charge is -2.00. The molecule has 3 rings (SSSR count). The fraction of sp³-hybridized carbons (Fsp3) is 0.286. The molecule has 0 saturated carbocycles. The third-order valence-electron chi connectivity index (χ3n) is 3.19. The first-order valence-electron chi connectivity index (χ1n) is 6.32. The number of hydrogen-bond donors (Lipinski definition) is 0. The first-order valence-corrected chi connectivity index (χ1v) is 8.04. The summed E-state index contributed by atoms with van der Waals surface area (Å²) in [5, 5.41) is 5.21. The molecule has 0 saturated heterocycles. The second-order valence-electron chi connectivity index (χ2n) is 5.00. The molecule has 0 unspecified atom stereocenters. The summed E-state index contributed by atoms with van der Waals surface area (Å²) in [5.74, 6) is 1.04. The largest absolute Gasteiger partial charge is 0.339 e. The van der Waals surface area contributed by atoms with Crippen molar-refractivity contribution < 1.29 is 12.9 Å². The maximum absolute atomic E-state index is 11.3. The molecule has 6 heteroatoms. The van der Waals surface area contributed by atoms with Crippen LogP contribution in [0.25, 0.3) is 11.4 Å². The van der Waals surface area contributed by atoms with Gasteiger partial charge in [0.25, 0.3) is 0 Å². The number of allylic oxidation sites excluding steroid dienone is 1. The quantitative estimate of drug-likeness (QED) is 0.866. The third kappa shape index (κ3) is 2.80. The highest BCUT2D eigenvalue weighted by Gasteiger charge is 2.24. The second kappa shape index (κ2) is 4.86. The molecule has 1 aromatic heterocycles. The standard InChI is InChI=1S/C14H14N2O3S/c1-10-3-2-4-12(7-10)14-15-13(19-16-14)8-11-5-6-20(17,18)9-11/h2-7,11H,8-9H2,1H3/t11-/m0/s1. The van der Waals surface area contributed by atoms with E-state index in [1.54, 1.807) is 6.08 Å². The third-order valence-corrected chi connectivity index (χ3v) is 4.65. The highest BCUT2D eigenvalue weighted by atomic mass is 32.2.